The van der Waals surface area contributed by atoms with E-state index in [1.807, 2.05) is 18.2 Å². The topological polar surface area (TPSA) is 63.2 Å². The molecule has 0 radical (unpaired) electrons. The highest BCUT2D eigenvalue weighted by Gasteiger charge is 2.15. The number of rotatable bonds is 6. The zero-order valence-electron chi connectivity index (χ0n) is 14.6. The molecule has 1 fully saturated rings. The van der Waals surface area contributed by atoms with Gasteiger partial charge in [-0.25, -0.2) is 4.98 Å². The Morgan fingerprint density at radius 2 is 2.04 bits per heavy atom. The molecule has 0 bridgehead atoms. The minimum absolute atomic E-state index is 0.148. The van der Waals surface area contributed by atoms with Crippen molar-refractivity contribution in [2.75, 3.05) is 12.4 Å². The summed E-state index contributed by atoms with van der Waals surface area (Å²) in [5.74, 6) is 1.35. The smallest absolute Gasteiger partial charge is 0.254 e. The molecule has 5 nitrogen and oxygen atoms in total. The number of aromatic nitrogens is 1. The van der Waals surface area contributed by atoms with E-state index in [-0.39, 0.29) is 5.91 Å². The highest BCUT2D eigenvalue weighted by atomic mass is 16.5. The fourth-order valence-corrected chi connectivity index (χ4v) is 3.15. The Hall–Kier alpha value is -2.56. The standard InChI is InChI=1S/C20H25N3O2/c1-21-20(24)18-11-6-12-22-19(18)23-14-15-7-5-10-17(13-15)25-16-8-3-2-4-9-16/h5-7,10-13,16H,2-4,8-9,14H2,1H3,(H,21,24)(H,22,23). The molecule has 25 heavy (non-hydrogen) atoms. The Kier molecular flexibility index (Phi) is 5.88. The van der Waals surface area contributed by atoms with E-state index in [0.29, 0.717) is 24.0 Å². The Bertz CT molecular complexity index is 712. The molecule has 1 aliphatic carbocycles. The van der Waals surface area contributed by atoms with Crippen LogP contribution in [0.4, 0.5) is 5.82 Å². The molecule has 0 spiro atoms. The van der Waals surface area contributed by atoms with Crippen molar-refractivity contribution in [3.8, 4) is 5.75 Å². The first kappa shape index (κ1) is 17.3. The van der Waals surface area contributed by atoms with Crippen LogP contribution in [0.25, 0.3) is 0 Å². The highest BCUT2D eigenvalue weighted by molar-refractivity contribution is 5.98. The summed E-state index contributed by atoms with van der Waals surface area (Å²) >= 11 is 0. The maximum absolute atomic E-state index is 11.9. The predicted molar refractivity (Wildman–Crippen MR) is 98.9 cm³/mol. The molecule has 1 amide bonds. The molecular formula is C20H25N3O2. The number of hydrogen-bond donors (Lipinski definition) is 2. The Balaban J connectivity index is 1.64. The van der Waals surface area contributed by atoms with Gasteiger partial charge in [0.15, 0.2) is 0 Å². The van der Waals surface area contributed by atoms with Gasteiger partial charge in [0.05, 0.1) is 11.7 Å². The number of carbonyl (C=O) groups is 1. The summed E-state index contributed by atoms with van der Waals surface area (Å²) in [5, 5.41) is 5.88. The van der Waals surface area contributed by atoms with Gasteiger partial charge in [0, 0.05) is 19.8 Å². The Morgan fingerprint density at radius 1 is 1.20 bits per heavy atom. The van der Waals surface area contributed by atoms with Gasteiger partial charge in [0.25, 0.3) is 5.91 Å². The lowest BCUT2D eigenvalue weighted by molar-refractivity contribution is 0.0963. The first-order chi connectivity index (χ1) is 12.3. The van der Waals surface area contributed by atoms with Crippen molar-refractivity contribution in [2.45, 2.75) is 44.8 Å². The van der Waals surface area contributed by atoms with E-state index in [0.717, 1.165) is 24.2 Å². The number of nitrogens with zero attached hydrogens (tertiary/aromatic N) is 1. The Labute approximate surface area is 148 Å². The van der Waals surface area contributed by atoms with Crippen molar-refractivity contribution in [1.82, 2.24) is 10.3 Å². The summed E-state index contributed by atoms with van der Waals surface area (Å²) in [7, 11) is 1.62. The molecule has 1 aromatic carbocycles. The van der Waals surface area contributed by atoms with Gasteiger partial charge in [-0.3, -0.25) is 4.79 Å². The normalized spacial score (nSPS) is 14.8. The zero-order valence-corrected chi connectivity index (χ0v) is 14.6. The van der Waals surface area contributed by atoms with Crippen LogP contribution in [0.15, 0.2) is 42.6 Å². The fourth-order valence-electron chi connectivity index (χ4n) is 3.15. The third kappa shape index (κ3) is 4.72. The molecule has 1 heterocycles. The maximum Gasteiger partial charge on any atom is 0.254 e. The number of nitrogens with one attached hydrogen (secondary N) is 2. The SMILES string of the molecule is CNC(=O)c1cccnc1NCc1cccc(OC2CCCCC2)c1. The molecule has 0 atom stereocenters. The summed E-state index contributed by atoms with van der Waals surface area (Å²) in [6.07, 6.45) is 8.14. The van der Waals surface area contributed by atoms with Crippen molar-refractivity contribution in [3.63, 3.8) is 0 Å². The molecule has 3 rings (SSSR count). The summed E-state index contributed by atoms with van der Waals surface area (Å²) in [6, 6.07) is 11.6. The number of amides is 1. The zero-order chi connectivity index (χ0) is 17.5. The van der Waals surface area contributed by atoms with Gasteiger partial charge in [-0.05, 0) is 55.5 Å². The van der Waals surface area contributed by atoms with Crippen LogP contribution in [0, 0.1) is 0 Å². The quantitative estimate of drug-likeness (QED) is 0.841. The molecule has 0 saturated heterocycles. The monoisotopic (exact) mass is 339 g/mol. The predicted octanol–water partition coefficient (Wildman–Crippen LogP) is 3.76. The minimum Gasteiger partial charge on any atom is -0.490 e. The average Bonchev–Trinajstić information content (AvgIpc) is 2.67. The van der Waals surface area contributed by atoms with Crippen LogP contribution in [0.2, 0.25) is 0 Å². The second-order valence-corrected chi connectivity index (χ2v) is 6.36. The number of hydrogen-bond acceptors (Lipinski definition) is 4. The lowest BCUT2D eigenvalue weighted by Gasteiger charge is -2.23. The first-order valence-electron chi connectivity index (χ1n) is 8.93. The number of anilines is 1. The molecule has 5 heteroatoms. The van der Waals surface area contributed by atoms with Crippen molar-refractivity contribution in [3.05, 3.63) is 53.7 Å². The molecule has 0 unspecified atom stereocenters. The van der Waals surface area contributed by atoms with Gasteiger partial charge in [-0.2, -0.15) is 0 Å². The van der Waals surface area contributed by atoms with Crippen LogP contribution >= 0.6 is 0 Å². The molecular weight excluding hydrogens is 314 g/mol. The molecule has 1 aliphatic rings. The number of pyridine rings is 1. The second kappa shape index (κ2) is 8.51. The summed E-state index contributed by atoms with van der Waals surface area (Å²) in [6.45, 7) is 0.586. The van der Waals surface area contributed by atoms with Crippen LogP contribution in [0.1, 0.15) is 48.0 Å². The lowest BCUT2D eigenvalue weighted by atomic mass is 9.98. The van der Waals surface area contributed by atoms with Gasteiger partial charge in [0.2, 0.25) is 0 Å². The van der Waals surface area contributed by atoms with E-state index in [9.17, 15) is 4.79 Å². The van der Waals surface area contributed by atoms with Crippen LogP contribution in [0.5, 0.6) is 5.75 Å². The molecule has 1 saturated carbocycles. The third-order valence-corrected chi connectivity index (χ3v) is 4.49. The van der Waals surface area contributed by atoms with Crippen LogP contribution in [0.3, 0.4) is 0 Å². The van der Waals surface area contributed by atoms with E-state index >= 15 is 0 Å². The Morgan fingerprint density at radius 3 is 2.84 bits per heavy atom. The fraction of sp³-hybridized carbons (Fsp3) is 0.400. The lowest BCUT2D eigenvalue weighted by Crippen LogP contribution is -2.20. The van der Waals surface area contributed by atoms with Crippen LogP contribution < -0.4 is 15.4 Å². The van der Waals surface area contributed by atoms with E-state index in [1.165, 1.54) is 19.3 Å². The molecule has 2 N–H and O–H groups in total. The van der Waals surface area contributed by atoms with E-state index < -0.39 is 0 Å². The van der Waals surface area contributed by atoms with Crippen molar-refractivity contribution < 1.29 is 9.53 Å². The maximum atomic E-state index is 11.9. The molecule has 2 aromatic rings. The summed E-state index contributed by atoms with van der Waals surface area (Å²) < 4.78 is 6.12. The van der Waals surface area contributed by atoms with Crippen LogP contribution in [-0.2, 0) is 6.54 Å². The van der Waals surface area contributed by atoms with Crippen molar-refractivity contribution >= 4 is 11.7 Å². The first-order valence-corrected chi connectivity index (χ1v) is 8.93. The third-order valence-electron chi connectivity index (χ3n) is 4.49. The van der Waals surface area contributed by atoms with Gasteiger partial charge in [-0.1, -0.05) is 18.6 Å². The molecule has 0 aliphatic heterocycles. The average molecular weight is 339 g/mol. The number of carbonyl (C=O) groups excluding carboxylic acids is 1. The molecule has 1 aromatic heterocycles. The highest BCUT2D eigenvalue weighted by Crippen LogP contribution is 2.24. The second-order valence-electron chi connectivity index (χ2n) is 6.36. The molecule has 132 valence electrons. The van der Waals surface area contributed by atoms with Crippen molar-refractivity contribution in [2.24, 2.45) is 0 Å². The number of benzene rings is 1. The van der Waals surface area contributed by atoms with E-state index in [2.05, 4.69) is 21.7 Å². The minimum atomic E-state index is -0.148. The van der Waals surface area contributed by atoms with E-state index in [1.54, 1.807) is 25.4 Å². The largest absolute Gasteiger partial charge is 0.490 e. The number of ether oxygens (including phenoxy) is 1. The van der Waals surface area contributed by atoms with Gasteiger partial charge in [0.1, 0.15) is 11.6 Å². The van der Waals surface area contributed by atoms with E-state index in [4.69, 9.17) is 4.74 Å². The van der Waals surface area contributed by atoms with Gasteiger partial charge in [-0.15, -0.1) is 0 Å². The van der Waals surface area contributed by atoms with Gasteiger partial charge < -0.3 is 15.4 Å². The van der Waals surface area contributed by atoms with Crippen molar-refractivity contribution in [1.29, 1.82) is 0 Å². The van der Waals surface area contributed by atoms with Crippen LogP contribution in [-0.4, -0.2) is 24.0 Å². The summed E-state index contributed by atoms with van der Waals surface area (Å²) in [5.41, 5.74) is 1.64. The summed E-state index contributed by atoms with van der Waals surface area (Å²) in [4.78, 5) is 16.2. The van der Waals surface area contributed by atoms with Gasteiger partial charge >= 0.3 is 0 Å².